The predicted octanol–water partition coefficient (Wildman–Crippen LogP) is 5.29. The maximum atomic E-state index is 14.6. The number of hydrogen-bond donors (Lipinski definition) is 2. The van der Waals surface area contributed by atoms with Gasteiger partial charge in [-0.1, -0.05) is 26.2 Å². The monoisotopic (exact) mass is 529 g/mol. The Hall–Kier alpha value is -4.28. The van der Waals surface area contributed by atoms with Gasteiger partial charge in [-0.3, -0.25) is 14.8 Å². The highest BCUT2D eigenvalue weighted by molar-refractivity contribution is 6.10. The number of carbonyl (C=O) groups excluding carboxylic acids is 1. The molecule has 1 aliphatic heterocycles. The Kier molecular flexibility index (Phi) is 6.49. The van der Waals surface area contributed by atoms with E-state index in [-0.39, 0.29) is 18.0 Å². The molecule has 3 aromatic heterocycles. The van der Waals surface area contributed by atoms with Crippen LogP contribution in [0.25, 0.3) is 10.9 Å². The van der Waals surface area contributed by atoms with Gasteiger partial charge in [0.15, 0.2) is 11.6 Å². The Morgan fingerprint density at radius 2 is 1.92 bits per heavy atom. The van der Waals surface area contributed by atoms with Crippen LogP contribution in [-0.2, 0) is 4.79 Å². The van der Waals surface area contributed by atoms with Gasteiger partial charge in [0.05, 0.1) is 24.3 Å². The van der Waals surface area contributed by atoms with E-state index in [0.717, 1.165) is 31.5 Å². The number of amides is 1. The van der Waals surface area contributed by atoms with Crippen LogP contribution >= 0.6 is 0 Å². The lowest BCUT2D eigenvalue weighted by molar-refractivity contribution is -0.119. The van der Waals surface area contributed by atoms with Crippen LogP contribution in [0.5, 0.6) is 0 Å². The first-order chi connectivity index (χ1) is 18.9. The second-order valence-electron chi connectivity index (χ2n) is 10.4. The molecule has 1 atom stereocenters. The first-order valence-corrected chi connectivity index (χ1v) is 13.5. The number of hydrogen-bond acceptors (Lipinski definition) is 8. The minimum absolute atomic E-state index is 0.00762. The second kappa shape index (κ2) is 10.1. The van der Waals surface area contributed by atoms with Gasteiger partial charge in [-0.15, -0.1) is 0 Å². The number of anilines is 6. The third-order valence-electron chi connectivity index (χ3n) is 7.64. The molecule has 4 aromatic rings. The van der Waals surface area contributed by atoms with E-state index >= 15 is 0 Å². The summed E-state index contributed by atoms with van der Waals surface area (Å²) in [6.45, 7) is 2.04. The summed E-state index contributed by atoms with van der Waals surface area (Å²) in [5.41, 5.74) is 2.16. The van der Waals surface area contributed by atoms with Crippen LogP contribution in [-0.4, -0.2) is 57.2 Å². The zero-order valence-corrected chi connectivity index (χ0v) is 22.4. The number of H-pyrrole nitrogens is 1. The van der Waals surface area contributed by atoms with Crippen LogP contribution in [0.4, 0.5) is 39.0 Å². The van der Waals surface area contributed by atoms with Crippen molar-refractivity contribution in [1.29, 1.82) is 0 Å². The topological polar surface area (TPSA) is 106 Å². The van der Waals surface area contributed by atoms with E-state index in [1.54, 1.807) is 29.6 Å². The lowest BCUT2D eigenvalue weighted by Crippen LogP contribution is -2.56. The van der Waals surface area contributed by atoms with Crippen molar-refractivity contribution >= 4 is 51.5 Å². The standard InChI is InChI=1S/C28H32FN9O/c1-4-22-27(39)38(20-10-11-24(30-15-20)36(2)3)23-16-31-28(34-26(23)37(22)19-8-6-5-7-9-19)33-18-12-17-14-32-35-25(17)21(29)13-18/h10-16,19,22H,4-9H2,1-3H3,(H,32,35)(H,31,33,34)/t22-/m1/s1. The highest BCUT2D eigenvalue weighted by Gasteiger charge is 2.42. The van der Waals surface area contributed by atoms with E-state index in [1.807, 2.05) is 38.1 Å². The van der Waals surface area contributed by atoms with Gasteiger partial charge < -0.3 is 15.1 Å². The molecule has 6 rings (SSSR count). The average Bonchev–Trinajstić information content (AvgIpc) is 3.42. The van der Waals surface area contributed by atoms with Gasteiger partial charge in [-0.25, -0.2) is 14.4 Å². The molecule has 0 saturated heterocycles. The van der Waals surface area contributed by atoms with Crippen LogP contribution < -0.4 is 20.0 Å². The molecule has 4 heterocycles. The van der Waals surface area contributed by atoms with Crippen LogP contribution in [0.1, 0.15) is 45.4 Å². The minimum Gasteiger partial charge on any atom is -0.363 e. The maximum absolute atomic E-state index is 14.6. The van der Waals surface area contributed by atoms with Crippen LogP contribution in [0, 0.1) is 5.82 Å². The molecular weight excluding hydrogens is 497 g/mol. The number of pyridine rings is 1. The van der Waals surface area contributed by atoms with Crippen molar-refractivity contribution < 1.29 is 9.18 Å². The van der Waals surface area contributed by atoms with E-state index in [0.29, 0.717) is 46.2 Å². The Morgan fingerprint density at radius 1 is 1.10 bits per heavy atom. The smallest absolute Gasteiger partial charge is 0.254 e. The van der Waals surface area contributed by atoms with E-state index in [1.165, 1.54) is 12.5 Å². The quantitative estimate of drug-likeness (QED) is 0.347. The molecule has 0 unspecified atom stereocenters. The SMILES string of the molecule is CC[C@@H]1C(=O)N(c2ccc(N(C)C)nc2)c2cnc(Nc3cc(F)c4[nH]ncc4c3)nc2N1C1CCCCC1. The van der Waals surface area contributed by atoms with E-state index in [9.17, 15) is 9.18 Å². The average molecular weight is 530 g/mol. The van der Waals surface area contributed by atoms with Crippen molar-refractivity contribution in [1.82, 2.24) is 25.1 Å². The number of nitrogens with one attached hydrogen (secondary N) is 2. The Labute approximate surface area is 226 Å². The van der Waals surface area contributed by atoms with Gasteiger partial charge in [0, 0.05) is 31.2 Å². The largest absolute Gasteiger partial charge is 0.363 e. The molecule has 2 aliphatic rings. The number of aromatic nitrogens is 5. The van der Waals surface area contributed by atoms with Crippen molar-refractivity contribution in [3.63, 3.8) is 0 Å². The molecule has 1 aliphatic carbocycles. The van der Waals surface area contributed by atoms with Crippen molar-refractivity contribution in [2.24, 2.45) is 0 Å². The van der Waals surface area contributed by atoms with Crippen LogP contribution in [0.3, 0.4) is 0 Å². The summed E-state index contributed by atoms with van der Waals surface area (Å²) in [4.78, 5) is 33.9. The molecule has 1 fully saturated rings. The molecule has 1 saturated carbocycles. The van der Waals surface area contributed by atoms with Gasteiger partial charge in [-0.2, -0.15) is 10.1 Å². The summed E-state index contributed by atoms with van der Waals surface area (Å²) in [5.74, 6) is 1.42. The zero-order valence-electron chi connectivity index (χ0n) is 22.4. The molecule has 202 valence electrons. The third-order valence-corrected chi connectivity index (χ3v) is 7.64. The van der Waals surface area contributed by atoms with E-state index < -0.39 is 5.82 Å². The van der Waals surface area contributed by atoms with E-state index in [4.69, 9.17) is 4.98 Å². The second-order valence-corrected chi connectivity index (χ2v) is 10.4. The van der Waals surface area contributed by atoms with Crippen LogP contribution in [0.15, 0.2) is 42.9 Å². The summed E-state index contributed by atoms with van der Waals surface area (Å²) in [7, 11) is 3.86. The molecule has 0 bridgehead atoms. The third kappa shape index (κ3) is 4.51. The van der Waals surface area contributed by atoms with Crippen molar-refractivity contribution in [2.45, 2.75) is 57.5 Å². The highest BCUT2D eigenvalue weighted by Crippen LogP contribution is 2.43. The van der Waals surface area contributed by atoms with Crippen molar-refractivity contribution in [2.75, 3.05) is 34.1 Å². The molecule has 1 amide bonds. The number of fused-ring (bicyclic) bond motifs is 2. The molecule has 10 nitrogen and oxygen atoms in total. The molecule has 11 heteroatoms. The molecule has 1 aromatic carbocycles. The Balaban J connectivity index is 1.44. The first-order valence-electron chi connectivity index (χ1n) is 13.5. The number of aromatic amines is 1. The van der Waals surface area contributed by atoms with Gasteiger partial charge in [0.2, 0.25) is 5.95 Å². The number of nitrogens with zero attached hydrogens (tertiary/aromatic N) is 7. The van der Waals surface area contributed by atoms with Gasteiger partial charge in [-0.05, 0) is 43.5 Å². The summed E-state index contributed by atoms with van der Waals surface area (Å²) in [6, 6.07) is 6.84. The van der Waals surface area contributed by atoms with Gasteiger partial charge >= 0.3 is 0 Å². The van der Waals surface area contributed by atoms with E-state index in [2.05, 4.69) is 30.4 Å². The molecule has 0 radical (unpaired) electrons. The number of benzene rings is 1. The molecule has 39 heavy (non-hydrogen) atoms. The van der Waals surface area contributed by atoms with Crippen molar-refractivity contribution in [3.8, 4) is 0 Å². The summed E-state index contributed by atoms with van der Waals surface area (Å²) >= 11 is 0. The fraction of sp³-hybridized carbons (Fsp3) is 0.393. The molecule has 2 N–H and O–H groups in total. The van der Waals surface area contributed by atoms with Crippen LogP contribution in [0.2, 0.25) is 0 Å². The summed E-state index contributed by atoms with van der Waals surface area (Å²) in [5, 5.41) is 10.4. The lowest BCUT2D eigenvalue weighted by Gasteiger charge is -2.46. The Bertz CT molecular complexity index is 1500. The summed E-state index contributed by atoms with van der Waals surface area (Å²) in [6.07, 6.45) is 11.1. The predicted molar refractivity (Wildman–Crippen MR) is 151 cm³/mol. The van der Waals surface area contributed by atoms with Crippen molar-refractivity contribution in [3.05, 3.63) is 48.7 Å². The van der Waals surface area contributed by atoms with Gasteiger partial charge in [0.25, 0.3) is 5.91 Å². The summed E-state index contributed by atoms with van der Waals surface area (Å²) < 4.78 is 14.6. The normalized spacial score (nSPS) is 17.9. The zero-order chi connectivity index (χ0) is 27.1. The molecule has 0 spiro atoms. The Morgan fingerprint density at radius 3 is 2.64 bits per heavy atom. The number of halogens is 1. The maximum Gasteiger partial charge on any atom is 0.254 e. The number of rotatable bonds is 6. The number of carbonyl (C=O) groups is 1. The highest BCUT2D eigenvalue weighted by atomic mass is 19.1. The minimum atomic E-state index is -0.411. The first kappa shape index (κ1) is 25.0. The fourth-order valence-electron chi connectivity index (χ4n) is 5.72. The lowest BCUT2D eigenvalue weighted by atomic mass is 9.91. The molecular formula is C28H32FN9O. The fourth-order valence-corrected chi connectivity index (χ4v) is 5.72. The van der Waals surface area contributed by atoms with Gasteiger partial charge in [0.1, 0.15) is 23.1 Å².